The molecule has 0 saturated heterocycles. The van der Waals surface area contributed by atoms with E-state index < -0.39 is 11.5 Å². The first kappa shape index (κ1) is 14.7. The molecule has 0 bridgehead atoms. The molecule has 96 valence electrons. The minimum absolute atomic E-state index is 0.265. The van der Waals surface area contributed by atoms with Gasteiger partial charge in [0.1, 0.15) is 6.10 Å². The van der Waals surface area contributed by atoms with Crippen LogP contribution in [-0.2, 0) is 4.74 Å². The SMILES string of the molecule is C=CCOC1C=CC=CC=C1C(C#N)(C#N)CC=C. The number of allylic oxidation sites excluding steroid dienone is 5. The smallest absolute Gasteiger partial charge is 0.171 e. The van der Waals surface area contributed by atoms with E-state index in [1.54, 1.807) is 24.3 Å². The van der Waals surface area contributed by atoms with Gasteiger partial charge in [-0.25, -0.2) is 0 Å². The Balaban J connectivity index is 3.20. The van der Waals surface area contributed by atoms with Crippen molar-refractivity contribution in [1.29, 1.82) is 10.5 Å². The van der Waals surface area contributed by atoms with E-state index in [4.69, 9.17) is 4.74 Å². The number of hydrogen-bond donors (Lipinski definition) is 0. The van der Waals surface area contributed by atoms with E-state index in [0.717, 1.165) is 0 Å². The van der Waals surface area contributed by atoms with Gasteiger partial charge in [-0.1, -0.05) is 42.5 Å². The van der Waals surface area contributed by atoms with E-state index in [0.29, 0.717) is 12.2 Å². The molecule has 1 aliphatic rings. The summed E-state index contributed by atoms with van der Waals surface area (Å²) in [7, 11) is 0. The molecule has 0 heterocycles. The molecular weight excluding hydrogens is 236 g/mol. The van der Waals surface area contributed by atoms with Crippen LogP contribution in [0.1, 0.15) is 6.42 Å². The molecular formula is C16H16N2O. The van der Waals surface area contributed by atoms with Crippen molar-refractivity contribution < 1.29 is 4.74 Å². The van der Waals surface area contributed by atoms with Crippen LogP contribution in [0.2, 0.25) is 0 Å². The van der Waals surface area contributed by atoms with Crippen molar-refractivity contribution >= 4 is 0 Å². The van der Waals surface area contributed by atoms with Crippen molar-refractivity contribution in [3.05, 3.63) is 61.3 Å². The van der Waals surface area contributed by atoms with E-state index in [2.05, 4.69) is 25.3 Å². The van der Waals surface area contributed by atoms with Gasteiger partial charge in [-0.2, -0.15) is 10.5 Å². The van der Waals surface area contributed by atoms with Gasteiger partial charge in [0.2, 0.25) is 0 Å². The molecule has 0 spiro atoms. The number of rotatable bonds is 6. The van der Waals surface area contributed by atoms with Crippen molar-refractivity contribution in [2.24, 2.45) is 5.41 Å². The minimum atomic E-state index is -1.24. The lowest BCUT2D eigenvalue weighted by Crippen LogP contribution is -2.28. The van der Waals surface area contributed by atoms with Crippen LogP contribution in [0, 0.1) is 28.1 Å². The molecule has 1 rings (SSSR count). The van der Waals surface area contributed by atoms with Crippen LogP contribution >= 0.6 is 0 Å². The number of hydrogen-bond acceptors (Lipinski definition) is 3. The van der Waals surface area contributed by atoms with Crippen LogP contribution in [0.5, 0.6) is 0 Å². The minimum Gasteiger partial charge on any atom is -0.366 e. The lowest BCUT2D eigenvalue weighted by molar-refractivity contribution is 0.125. The van der Waals surface area contributed by atoms with Crippen LogP contribution in [0.15, 0.2) is 61.3 Å². The third kappa shape index (κ3) is 3.31. The summed E-state index contributed by atoms with van der Waals surface area (Å²) in [5, 5.41) is 18.8. The summed E-state index contributed by atoms with van der Waals surface area (Å²) in [5.74, 6) is 0. The summed E-state index contributed by atoms with van der Waals surface area (Å²) in [6.07, 6.45) is 12.1. The second-order valence-electron chi connectivity index (χ2n) is 4.06. The summed E-state index contributed by atoms with van der Waals surface area (Å²) in [6.45, 7) is 7.58. The third-order valence-corrected chi connectivity index (χ3v) is 2.81. The van der Waals surface area contributed by atoms with Crippen LogP contribution < -0.4 is 0 Å². The third-order valence-electron chi connectivity index (χ3n) is 2.81. The molecule has 0 radical (unpaired) electrons. The van der Waals surface area contributed by atoms with Gasteiger partial charge < -0.3 is 4.74 Å². The summed E-state index contributed by atoms with van der Waals surface area (Å²) >= 11 is 0. The van der Waals surface area contributed by atoms with Crippen LogP contribution in [0.3, 0.4) is 0 Å². The fourth-order valence-corrected chi connectivity index (χ4v) is 1.87. The molecule has 0 aromatic carbocycles. The van der Waals surface area contributed by atoms with Gasteiger partial charge >= 0.3 is 0 Å². The van der Waals surface area contributed by atoms with E-state index in [-0.39, 0.29) is 6.42 Å². The van der Waals surface area contributed by atoms with Crippen molar-refractivity contribution in [3.8, 4) is 12.1 Å². The van der Waals surface area contributed by atoms with Crippen molar-refractivity contribution in [3.63, 3.8) is 0 Å². The summed E-state index contributed by atoms with van der Waals surface area (Å²) < 4.78 is 5.63. The Morgan fingerprint density at radius 3 is 2.53 bits per heavy atom. The van der Waals surface area contributed by atoms with Gasteiger partial charge in [-0.05, 0) is 5.57 Å². The Morgan fingerprint density at radius 2 is 1.95 bits per heavy atom. The highest BCUT2D eigenvalue weighted by Crippen LogP contribution is 2.35. The quantitative estimate of drug-likeness (QED) is 0.682. The molecule has 0 amide bonds. The zero-order valence-electron chi connectivity index (χ0n) is 10.7. The van der Waals surface area contributed by atoms with Crippen molar-refractivity contribution in [1.82, 2.24) is 0 Å². The maximum atomic E-state index is 9.41. The normalized spacial score (nSPS) is 17.8. The standard InChI is InChI=1S/C16H16N2O/c1-3-10-16(12-17,13-18)14-8-6-5-7-9-15(14)19-11-4-2/h3-9,15H,1-2,10-11H2. The molecule has 0 N–H and O–H groups in total. The van der Waals surface area contributed by atoms with Gasteiger partial charge in [0, 0.05) is 6.42 Å². The predicted octanol–water partition coefficient (Wildman–Crippen LogP) is 3.22. The average molecular weight is 252 g/mol. The van der Waals surface area contributed by atoms with Crippen molar-refractivity contribution in [2.45, 2.75) is 12.5 Å². The highest BCUT2D eigenvalue weighted by Gasteiger charge is 2.37. The summed E-state index contributed by atoms with van der Waals surface area (Å²) in [5.41, 5.74) is -0.615. The van der Waals surface area contributed by atoms with Gasteiger partial charge in [-0.15, -0.1) is 13.2 Å². The van der Waals surface area contributed by atoms with Crippen LogP contribution in [0.25, 0.3) is 0 Å². The van der Waals surface area contributed by atoms with Crippen molar-refractivity contribution in [2.75, 3.05) is 6.61 Å². The first-order chi connectivity index (χ1) is 9.24. The topological polar surface area (TPSA) is 56.8 Å². The number of nitriles is 2. The molecule has 0 saturated carbocycles. The van der Waals surface area contributed by atoms with E-state index in [9.17, 15) is 10.5 Å². The monoisotopic (exact) mass is 252 g/mol. The number of ether oxygens (including phenoxy) is 1. The first-order valence-electron chi connectivity index (χ1n) is 5.95. The Bertz CT molecular complexity index is 498. The molecule has 3 heteroatoms. The summed E-state index contributed by atoms with van der Waals surface area (Å²) in [6, 6.07) is 4.19. The van der Waals surface area contributed by atoms with Gasteiger partial charge in [-0.3, -0.25) is 0 Å². The Kier molecular flexibility index (Phi) is 5.54. The first-order valence-corrected chi connectivity index (χ1v) is 5.95. The van der Waals surface area contributed by atoms with E-state index in [1.807, 2.05) is 18.2 Å². The van der Waals surface area contributed by atoms with Gasteiger partial charge in [0.15, 0.2) is 5.41 Å². The Hall–Kier alpha value is -2.36. The molecule has 0 fully saturated rings. The lowest BCUT2D eigenvalue weighted by atomic mass is 9.77. The fourth-order valence-electron chi connectivity index (χ4n) is 1.87. The molecule has 3 nitrogen and oxygen atoms in total. The molecule has 0 aliphatic heterocycles. The second-order valence-corrected chi connectivity index (χ2v) is 4.06. The molecule has 0 aromatic heterocycles. The Labute approximate surface area is 114 Å². The Morgan fingerprint density at radius 1 is 1.21 bits per heavy atom. The lowest BCUT2D eigenvalue weighted by Gasteiger charge is -2.26. The van der Waals surface area contributed by atoms with Gasteiger partial charge in [0.25, 0.3) is 0 Å². The second kappa shape index (κ2) is 7.16. The van der Waals surface area contributed by atoms with E-state index in [1.165, 1.54) is 0 Å². The van der Waals surface area contributed by atoms with E-state index >= 15 is 0 Å². The largest absolute Gasteiger partial charge is 0.366 e. The van der Waals surface area contributed by atoms with Crippen LogP contribution in [0.4, 0.5) is 0 Å². The molecule has 1 atom stereocenters. The maximum Gasteiger partial charge on any atom is 0.171 e. The van der Waals surface area contributed by atoms with Crippen LogP contribution in [-0.4, -0.2) is 12.7 Å². The van der Waals surface area contributed by atoms with Gasteiger partial charge in [0.05, 0.1) is 18.7 Å². The molecule has 1 aliphatic carbocycles. The molecule has 0 aromatic rings. The molecule has 1 unspecified atom stereocenters. The molecule has 19 heavy (non-hydrogen) atoms. The highest BCUT2D eigenvalue weighted by atomic mass is 16.5. The maximum absolute atomic E-state index is 9.41. The fraction of sp³-hybridized carbons (Fsp3) is 0.250. The summed E-state index contributed by atoms with van der Waals surface area (Å²) in [4.78, 5) is 0. The zero-order valence-corrected chi connectivity index (χ0v) is 10.7. The average Bonchev–Trinajstić information content (AvgIpc) is 2.68. The number of nitrogens with zero attached hydrogens (tertiary/aromatic N) is 2. The zero-order chi connectivity index (χ0) is 14.1. The highest BCUT2D eigenvalue weighted by molar-refractivity contribution is 5.42. The predicted molar refractivity (Wildman–Crippen MR) is 74.8 cm³/mol.